The van der Waals surface area contributed by atoms with Crippen molar-refractivity contribution >= 4 is 21.6 Å². The lowest BCUT2D eigenvalue weighted by Crippen LogP contribution is -2.49. The van der Waals surface area contributed by atoms with Gasteiger partial charge in [-0.2, -0.15) is 0 Å². The van der Waals surface area contributed by atoms with Crippen LogP contribution in [0.1, 0.15) is 24.8 Å². The molecule has 0 bridgehead atoms. The van der Waals surface area contributed by atoms with Crippen LogP contribution < -0.4 is 10.0 Å². The topological polar surface area (TPSA) is 84.5 Å². The molecule has 1 fully saturated rings. The van der Waals surface area contributed by atoms with E-state index in [0.717, 1.165) is 31.1 Å². The molecule has 1 aromatic rings. The summed E-state index contributed by atoms with van der Waals surface area (Å²) < 4.78 is 29.8. The Kier molecular flexibility index (Phi) is 5.08. The molecule has 0 heterocycles. The number of carbonyl (C=O) groups excluding carboxylic acids is 1. The highest BCUT2D eigenvalue weighted by Crippen LogP contribution is 2.44. The van der Waals surface area contributed by atoms with Crippen LogP contribution in [-0.2, 0) is 25.0 Å². The zero-order valence-electron chi connectivity index (χ0n) is 12.9. The highest BCUT2D eigenvalue weighted by molar-refractivity contribution is 7.92. The van der Waals surface area contributed by atoms with Crippen LogP contribution in [0.25, 0.3) is 0 Å². The third-order valence-electron chi connectivity index (χ3n) is 3.97. The van der Waals surface area contributed by atoms with Crippen molar-refractivity contribution in [3.63, 3.8) is 0 Å². The summed E-state index contributed by atoms with van der Waals surface area (Å²) in [5.41, 5.74) is 0.936. The number of amides is 1. The lowest BCUT2D eigenvalue weighted by molar-refractivity contribution is -0.130. The van der Waals surface area contributed by atoms with Gasteiger partial charge < -0.3 is 10.1 Å². The standard InChI is InChI=1S/C15H22N2O4S/c1-21-11-10-16-14(18)15(8-3-9-15)12-4-6-13(7-5-12)17-22(2,19)20/h4-7,17H,3,8-11H2,1-2H3,(H,16,18). The van der Waals surface area contributed by atoms with Crippen molar-refractivity contribution in [1.82, 2.24) is 5.32 Å². The molecule has 6 nitrogen and oxygen atoms in total. The molecule has 1 aromatic carbocycles. The van der Waals surface area contributed by atoms with Crippen LogP contribution >= 0.6 is 0 Å². The second-order valence-electron chi connectivity index (χ2n) is 5.64. The van der Waals surface area contributed by atoms with Crippen molar-refractivity contribution in [3.05, 3.63) is 29.8 Å². The van der Waals surface area contributed by atoms with E-state index in [2.05, 4.69) is 10.0 Å². The van der Waals surface area contributed by atoms with Crippen molar-refractivity contribution < 1.29 is 17.9 Å². The van der Waals surface area contributed by atoms with Crippen LogP contribution in [0.15, 0.2) is 24.3 Å². The molecule has 1 aliphatic rings. The van der Waals surface area contributed by atoms with Gasteiger partial charge in [0.2, 0.25) is 15.9 Å². The zero-order chi connectivity index (χ0) is 16.2. The van der Waals surface area contributed by atoms with E-state index in [1.807, 2.05) is 12.1 Å². The predicted octanol–water partition coefficient (Wildman–Crippen LogP) is 1.24. The van der Waals surface area contributed by atoms with E-state index in [1.54, 1.807) is 19.2 Å². The number of methoxy groups -OCH3 is 1. The quantitative estimate of drug-likeness (QED) is 0.739. The predicted molar refractivity (Wildman–Crippen MR) is 85.3 cm³/mol. The third-order valence-corrected chi connectivity index (χ3v) is 4.58. The zero-order valence-corrected chi connectivity index (χ0v) is 13.7. The van der Waals surface area contributed by atoms with Crippen molar-refractivity contribution in [1.29, 1.82) is 0 Å². The lowest BCUT2D eigenvalue weighted by atomic mass is 9.64. The summed E-state index contributed by atoms with van der Waals surface area (Å²) in [5, 5.41) is 2.90. The summed E-state index contributed by atoms with van der Waals surface area (Å²) in [6, 6.07) is 7.03. The van der Waals surface area contributed by atoms with Gasteiger partial charge in [-0.15, -0.1) is 0 Å². The van der Waals surface area contributed by atoms with Gasteiger partial charge in [-0.1, -0.05) is 18.6 Å². The van der Waals surface area contributed by atoms with Crippen LogP contribution in [0, 0.1) is 0 Å². The first-order valence-corrected chi connectivity index (χ1v) is 9.12. The van der Waals surface area contributed by atoms with Gasteiger partial charge in [0.05, 0.1) is 18.3 Å². The fourth-order valence-corrected chi connectivity index (χ4v) is 3.25. The molecular weight excluding hydrogens is 304 g/mol. The van der Waals surface area contributed by atoms with Gasteiger partial charge >= 0.3 is 0 Å². The number of sulfonamides is 1. The molecule has 122 valence electrons. The van der Waals surface area contributed by atoms with E-state index < -0.39 is 15.4 Å². The average Bonchev–Trinajstić information content (AvgIpc) is 2.38. The van der Waals surface area contributed by atoms with E-state index in [1.165, 1.54) is 0 Å². The number of carbonyl (C=O) groups is 1. The molecule has 22 heavy (non-hydrogen) atoms. The number of hydrogen-bond donors (Lipinski definition) is 2. The number of ether oxygens (including phenoxy) is 1. The molecule has 0 atom stereocenters. The van der Waals surface area contributed by atoms with Crippen LogP contribution in [0.3, 0.4) is 0 Å². The smallest absolute Gasteiger partial charge is 0.230 e. The monoisotopic (exact) mass is 326 g/mol. The molecule has 0 aliphatic heterocycles. The summed E-state index contributed by atoms with van der Waals surface area (Å²) in [4.78, 5) is 12.5. The normalized spacial score (nSPS) is 16.6. The molecule has 0 aromatic heterocycles. The summed E-state index contributed by atoms with van der Waals surface area (Å²) >= 11 is 0. The van der Waals surface area contributed by atoms with Crippen LogP contribution in [0.2, 0.25) is 0 Å². The van der Waals surface area contributed by atoms with Gasteiger partial charge in [0.1, 0.15) is 0 Å². The van der Waals surface area contributed by atoms with E-state index in [-0.39, 0.29) is 5.91 Å². The average molecular weight is 326 g/mol. The molecular formula is C15H22N2O4S. The molecule has 7 heteroatoms. The maximum absolute atomic E-state index is 12.5. The minimum absolute atomic E-state index is 0.0135. The molecule has 0 spiro atoms. The molecule has 1 aliphatic carbocycles. The Morgan fingerprint density at radius 1 is 1.27 bits per heavy atom. The number of benzene rings is 1. The fraction of sp³-hybridized carbons (Fsp3) is 0.533. The van der Waals surface area contributed by atoms with Gasteiger partial charge in [-0.05, 0) is 30.5 Å². The Hall–Kier alpha value is -1.60. The van der Waals surface area contributed by atoms with Crippen molar-refractivity contribution in [2.24, 2.45) is 0 Å². The highest BCUT2D eigenvalue weighted by atomic mass is 32.2. The Bertz CT molecular complexity index is 621. The Morgan fingerprint density at radius 2 is 1.91 bits per heavy atom. The second-order valence-corrected chi connectivity index (χ2v) is 7.38. The van der Waals surface area contributed by atoms with Crippen molar-refractivity contribution in [2.45, 2.75) is 24.7 Å². The summed E-state index contributed by atoms with van der Waals surface area (Å²) in [7, 11) is -1.70. The van der Waals surface area contributed by atoms with E-state index in [4.69, 9.17) is 4.74 Å². The Balaban J connectivity index is 2.12. The number of hydrogen-bond acceptors (Lipinski definition) is 4. The SMILES string of the molecule is COCCNC(=O)C1(c2ccc(NS(C)(=O)=O)cc2)CCC1. The molecule has 0 radical (unpaired) electrons. The van der Waals surface area contributed by atoms with E-state index >= 15 is 0 Å². The number of nitrogens with one attached hydrogen (secondary N) is 2. The van der Waals surface area contributed by atoms with Gasteiger partial charge in [0.25, 0.3) is 0 Å². The lowest BCUT2D eigenvalue weighted by Gasteiger charge is -2.40. The number of rotatable bonds is 7. The van der Waals surface area contributed by atoms with Crippen LogP contribution in [0.5, 0.6) is 0 Å². The molecule has 2 rings (SSSR count). The summed E-state index contributed by atoms with van der Waals surface area (Å²) in [6.45, 7) is 0.976. The maximum atomic E-state index is 12.5. The molecule has 1 amide bonds. The molecule has 0 saturated heterocycles. The Labute approximate surface area is 131 Å². The highest BCUT2D eigenvalue weighted by Gasteiger charge is 2.45. The Morgan fingerprint density at radius 3 is 2.36 bits per heavy atom. The molecule has 0 unspecified atom stereocenters. The third kappa shape index (κ3) is 3.78. The second kappa shape index (κ2) is 6.66. The number of anilines is 1. The van der Waals surface area contributed by atoms with Gasteiger partial charge in [-0.25, -0.2) is 8.42 Å². The summed E-state index contributed by atoms with van der Waals surface area (Å²) in [6.07, 6.45) is 3.74. The van der Waals surface area contributed by atoms with E-state index in [0.29, 0.717) is 18.8 Å². The van der Waals surface area contributed by atoms with Crippen molar-refractivity contribution in [3.8, 4) is 0 Å². The minimum atomic E-state index is -3.29. The molecule has 2 N–H and O–H groups in total. The largest absolute Gasteiger partial charge is 0.383 e. The van der Waals surface area contributed by atoms with Crippen LogP contribution in [-0.4, -0.2) is 40.8 Å². The van der Waals surface area contributed by atoms with Crippen molar-refractivity contribution in [2.75, 3.05) is 31.2 Å². The van der Waals surface area contributed by atoms with Gasteiger partial charge in [-0.3, -0.25) is 9.52 Å². The van der Waals surface area contributed by atoms with Gasteiger partial charge in [0, 0.05) is 19.3 Å². The van der Waals surface area contributed by atoms with Crippen LogP contribution in [0.4, 0.5) is 5.69 Å². The first-order chi connectivity index (χ1) is 10.4. The fourth-order valence-electron chi connectivity index (χ4n) is 2.68. The van der Waals surface area contributed by atoms with E-state index in [9.17, 15) is 13.2 Å². The minimum Gasteiger partial charge on any atom is -0.383 e. The first-order valence-electron chi connectivity index (χ1n) is 7.23. The first kappa shape index (κ1) is 16.8. The maximum Gasteiger partial charge on any atom is 0.230 e. The van der Waals surface area contributed by atoms with Gasteiger partial charge in [0.15, 0.2) is 0 Å². The molecule has 1 saturated carbocycles. The summed E-state index contributed by atoms with van der Waals surface area (Å²) in [5.74, 6) is 0.0135.